The Morgan fingerprint density at radius 2 is 1.65 bits per heavy atom. The summed E-state index contributed by atoms with van der Waals surface area (Å²) in [5.41, 5.74) is 15.1. The van der Waals surface area contributed by atoms with Gasteiger partial charge in [-0.25, -0.2) is 0 Å². The van der Waals surface area contributed by atoms with Crippen molar-refractivity contribution in [2.45, 2.75) is 69.1 Å². The molecule has 2 aliphatic carbocycles. The molecule has 3 saturated heterocycles. The lowest BCUT2D eigenvalue weighted by Crippen LogP contribution is -2.48. The summed E-state index contributed by atoms with van der Waals surface area (Å²) in [6.45, 7) is 19.8. The summed E-state index contributed by atoms with van der Waals surface area (Å²) in [5, 5.41) is 3.66. The topological polar surface area (TPSA) is 51.0 Å². The third-order valence-corrected chi connectivity index (χ3v) is 11.6. The molecule has 0 spiro atoms. The molecule has 4 fully saturated rings. The molecule has 4 aliphatic heterocycles. The number of likely N-dealkylation sites (tertiary alicyclic amines) is 2. The van der Waals surface area contributed by atoms with Gasteiger partial charge in [0.05, 0.1) is 17.9 Å². The monoisotopic (exact) mass is 662 g/mol. The quantitative estimate of drug-likeness (QED) is 0.207. The highest BCUT2D eigenvalue weighted by Gasteiger charge is 2.44. The van der Waals surface area contributed by atoms with Gasteiger partial charge < -0.3 is 25.8 Å². The molecule has 1 aromatic carbocycles. The molecule has 7 heteroatoms. The van der Waals surface area contributed by atoms with Gasteiger partial charge in [-0.1, -0.05) is 80.0 Å². The Balaban J connectivity index is 0.954. The third-order valence-electron chi connectivity index (χ3n) is 11.4. The van der Waals surface area contributed by atoms with Crippen LogP contribution in [0, 0.1) is 5.92 Å². The van der Waals surface area contributed by atoms with Gasteiger partial charge in [-0.2, -0.15) is 12.6 Å². The van der Waals surface area contributed by atoms with E-state index in [1.165, 1.54) is 55.5 Å². The number of hydrogen-bond acceptors (Lipinski definition) is 7. The smallest absolute Gasteiger partial charge is 0.0979 e. The Bertz CT molecular complexity index is 1510. The van der Waals surface area contributed by atoms with Crippen LogP contribution in [-0.2, 0) is 0 Å². The summed E-state index contributed by atoms with van der Waals surface area (Å²) < 4.78 is 0. The van der Waals surface area contributed by atoms with Crippen LogP contribution in [0.4, 0.5) is 0 Å². The number of nitrogens with one attached hydrogen (secondary N) is 1. The molecule has 3 unspecified atom stereocenters. The van der Waals surface area contributed by atoms with Crippen molar-refractivity contribution in [2.75, 3.05) is 45.0 Å². The largest absolute Gasteiger partial charge is 0.405 e. The molecule has 48 heavy (non-hydrogen) atoms. The average molecular weight is 663 g/mol. The first-order valence-electron chi connectivity index (χ1n) is 18.2. The molecular formula is C41H54N6S. The number of thiol groups is 1. The van der Waals surface area contributed by atoms with E-state index in [2.05, 4.69) is 118 Å². The zero-order valence-electron chi connectivity index (χ0n) is 28.6. The van der Waals surface area contributed by atoms with E-state index in [-0.39, 0.29) is 6.04 Å². The number of piperidine rings is 2. The van der Waals surface area contributed by atoms with E-state index in [1.807, 2.05) is 0 Å². The fourth-order valence-electron chi connectivity index (χ4n) is 8.98. The van der Waals surface area contributed by atoms with Crippen molar-refractivity contribution in [3.63, 3.8) is 0 Å². The van der Waals surface area contributed by atoms with Gasteiger partial charge in [-0.15, -0.1) is 0 Å². The van der Waals surface area contributed by atoms with E-state index in [0.29, 0.717) is 24.0 Å². The van der Waals surface area contributed by atoms with E-state index < -0.39 is 0 Å². The molecule has 0 radical (unpaired) electrons. The Labute approximate surface area is 294 Å². The minimum absolute atomic E-state index is 0.135. The van der Waals surface area contributed by atoms with E-state index in [4.69, 9.17) is 5.73 Å². The lowest BCUT2D eigenvalue weighted by atomic mass is 9.89. The molecule has 0 aromatic heterocycles. The fourth-order valence-corrected chi connectivity index (χ4v) is 9.20. The van der Waals surface area contributed by atoms with Gasteiger partial charge in [0.2, 0.25) is 0 Å². The van der Waals surface area contributed by atoms with Crippen molar-refractivity contribution in [1.29, 1.82) is 0 Å². The van der Waals surface area contributed by atoms with Crippen LogP contribution in [-0.4, -0.2) is 88.8 Å². The van der Waals surface area contributed by atoms with Crippen LogP contribution in [0.25, 0.3) is 11.3 Å². The first-order valence-corrected chi connectivity index (χ1v) is 18.8. The summed E-state index contributed by atoms with van der Waals surface area (Å²) in [5.74, 6) is 2.71. The van der Waals surface area contributed by atoms with Crippen molar-refractivity contribution in [1.82, 2.24) is 24.9 Å². The van der Waals surface area contributed by atoms with Gasteiger partial charge in [-0.05, 0) is 87.0 Å². The minimum atomic E-state index is 0.135. The number of fused-ring (bicyclic) bond motifs is 2. The molecule has 3 atom stereocenters. The number of allylic oxidation sites excluding steroid dienone is 4. The summed E-state index contributed by atoms with van der Waals surface area (Å²) in [7, 11) is 0. The molecule has 7 rings (SSSR count). The minimum Gasteiger partial charge on any atom is -0.405 e. The number of nitrogens with zero attached hydrogens (tertiary/aromatic N) is 4. The molecule has 254 valence electrons. The maximum absolute atomic E-state index is 5.96. The van der Waals surface area contributed by atoms with Crippen molar-refractivity contribution >= 4 is 23.9 Å². The van der Waals surface area contributed by atoms with E-state index in [1.54, 1.807) is 17.5 Å². The second-order valence-electron chi connectivity index (χ2n) is 14.4. The Morgan fingerprint density at radius 3 is 2.33 bits per heavy atom. The van der Waals surface area contributed by atoms with Crippen LogP contribution in [0.5, 0.6) is 0 Å². The van der Waals surface area contributed by atoms with Crippen LogP contribution < -0.4 is 11.1 Å². The molecule has 1 aromatic rings. The van der Waals surface area contributed by atoms with Gasteiger partial charge in [-0.3, -0.25) is 4.90 Å². The number of benzene rings is 1. The van der Waals surface area contributed by atoms with E-state index in [9.17, 15) is 0 Å². The van der Waals surface area contributed by atoms with Crippen LogP contribution in [0.1, 0.15) is 56.1 Å². The predicted molar refractivity (Wildman–Crippen MR) is 205 cm³/mol. The standard InChI is InChI=1S/C41H54N6S/c1-29-26-35(43-30(2)38-9-5-4-8-37(29)38)27-32(14-19-42)28-44-20-15-34(16-21-44)41(33-12-13-33)45-22-17-36(18-23-45)47-31(3)46(24-25-48)39-10-6-7-11-40(39)47/h4-11,14,19,27,34-36,39-40,43,48H,1-3,12-13,15-18,20-26,28,42H2/b19-14-,32-27+. The highest BCUT2D eigenvalue weighted by molar-refractivity contribution is 7.80. The molecular weight excluding hydrogens is 609 g/mol. The molecule has 4 heterocycles. The Kier molecular flexibility index (Phi) is 9.97. The van der Waals surface area contributed by atoms with E-state index in [0.717, 1.165) is 68.3 Å². The van der Waals surface area contributed by atoms with Crippen molar-refractivity contribution < 1.29 is 0 Å². The summed E-state index contributed by atoms with van der Waals surface area (Å²) in [4.78, 5) is 10.5. The van der Waals surface area contributed by atoms with Gasteiger partial charge >= 0.3 is 0 Å². The number of rotatable bonds is 9. The normalized spacial score (nSPS) is 27.1. The van der Waals surface area contributed by atoms with Crippen LogP contribution in [0.3, 0.4) is 0 Å². The second kappa shape index (κ2) is 14.5. The first-order chi connectivity index (χ1) is 23.4. The van der Waals surface area contributed by atoms with Crippen molar-refractivity contribution in [2.24, 2.45) is 11.7 Å². The molecule has 6 nitrogen and oxygen atoms in total. The van der Waals surface area contributed by atoms with Crippen molar-refractivity contribution in [3.05, 3.63) is 120 Å². The van der Waals surface area contributed by atoms with Crippen LogP contribution in [0.15, 0.2) is 109 Å². The molecule has 6 aliphatic rings. The van der Waals surface area contributed by atoms with Gasteiger partial charge in [0.15, 0.2) is 0 Å². The molecule has 0 amide bonds. The lowest BCUT2D eigenvalue weighted by molar-refractivity contribution is 0.126. The Morgan fingerprint density at radius 1 is 0.938 bits per heavy atom. The summed E-state index contributed by atoms with van der Waals surface area (Å²) in [6, 6.07) is 9.89. The molecule has 1 saturated carbocycles. The van der Waals surface area contributed by atoms with E-state index >= 15 is 0 Å². The van der Waals surface area contributed by atoms with Crippen LogP contribution in [0.2, 0.25) is 0 Å². The first kappa shape index (κ1) is 33.0. The number of nitrogens with two attached hydrogens (primary N) is 1. The zero-order valence-corrected chi connectivity index (χ0v) is 29.5. The maximum atomic E-state index is 5.96. The van der Waals surface area contributed by atoms with Gasteiger partial charge in [0, 0.05) is 66.9 Å². The van der Waals surface area contributed by atoms with Crippen LogP contribution >= 0.6 is 12.6 Å². The second-order valence-corrected chi connectivity index (χ2v) is 14.9. The lowest BCUT2D eigenvalue weighted by Gasteiger charge is -2.44. The van der Waals surface area contributed by atoms with Gasteiger partial charge in [0.25, 0.3) is 0 Å². The van der Waals surface area contributed by atoms with Gasteiger partial charge in [0.1, 0.15) is 0 Å². The zero-order chi connectivity index (χ0) is 33.2. The Hall–Kier alpha value is -3.55. The average Bonchev–Trinajstić information content (AvgIpc) is 3.91. The highest BCUT2D eigenvalue weighted by atomic mass is 32.1. The van der Waals surface area contributed by atoms with Crippen molar-refractivity contribution in [3.8, 4) is 0 Å². The third kappa shape index (κ3) is 6.81. The highest BCUT2D eigenvalue weighted by Crippen LogP contribution is 2.43. The maximum Gasteiger partial charge on any atom is 0.0979 e. The summed E-state index contributed by atoms with van der Waals surface area (Å²) in [6.07, 6.45) is 23.5. The number of hydrogen-bond donors (Lipinski definition) is 3. The molecule has 3 N–H and O–H groups in total. The molecule has 0 bridgehead atoms. The SMILES string of the molecule is C=C1CC(/C=C(\C=C/N)CN2CCC(C(=C3CC3)N3CCC(N4C(=C)N(CCS)C5C=CC=CC54)CC3)CC2)NC(=C)c2ccccc21. The summed E-state index contributed by atoms with van der Waals surface area (Å²) >= 11 is 4.56. The predicted octanol–water partition coefficient (Wildman–Crippen LogP) is 6.54. The fraction of sp³-hybridized carbons (Fsp3) is 0.463.